The maximum atomic E-state index is 13.5. The first-order valence-electron chi connectivity index (χ1n) is 10.6. The van der Waals surface area contributed by atoms with Crippen LogP contribution in [0.3, 0.4) is 0 Å². The second kappa shape index (κ2) is 9.22. The number of nitrogens with zero attached hydrogens (tertiary/aromatic N) is 3. The predicted octanol–water partition coefficient (Wildman–Crippen LogP) is 4.19. The van der Waals surface area contributed by atoms with Crippen molar-refractivity contribution in [2.45, 2.75) is 19.1 Å². The van der Waals surface area contributed by atoms with E-state index in [1.54, 1.807) is 37.4 Å². The number of hydrogen-bond acceptors (Lipinski definition) is 6. The van der Waals surface area contributed by atoms with E-state index in [0.717, 1.165) is 11.3 Å². The molecule has 0 saturated carbocycles. The fourth-order valence-corrected chi connectivity index (χ4v) is 3.65. The van der Waals surface area contributed by atoms with Crippen molar-refractivity contribution in [2.75, 3.05) is 12.4 Å². The van der Waals surface area contributed by atoms with Gasteiger partial charge in [0.15, 0.2) is 11.5 Å². The molecule has 2 aromatic heterocycles. The maximum Gasteiger partial charge on any atom is 0.268 e. The molecule has 0 fully saturated rings. The van der Waals surface area contributed by atoms with E-state index in [1.807, 2.05) is 35.0 Å². The zero-order valence-electron chi connectivity index (χ0n) is 18.3. The Kier molecular flexibility index (Phi) is 5.82. The number of hydrogen-bond donors (Lipinski definition) is 1. The molecule has 172 valence electrons. The van der Waals surface area contributed by atoms with Crippen LogP contribution in [-0.4, -0.2) is 34.2 Å². The molecule has 2 aromatic carbocycles. The topological polar surface area (TPSA) is 86.5 Å². The average Bonchev–Trinajstić information content (AvgIpc) is 3.50. The lowest BCUT2D eigenvalue weighted by atomic mass is 10.0. The van der Waals surface area contributed by atoms with Crippen LogP contribution in [0, 0.1) is 5.82 Å². The molecule has 1 aliphatic rings. The van der Waals surface area contributed by atoms with Crippen LogP contribution in [0.4, 0.5) is 10.1 Å². The molecule has 9 heteroatoms. The Labute approximate surface area is 194 Å². The molecule has 5 rings (SSSR count). The molecule has 8 nitrogen and oxygen atoms in total. The average molecular weight is 460 g/mol. The first kappa shape index (κ1) is 21.4. The largest absolute Gasteiger partial charge is 0.493 e. The third kappa shape index (κ3) is 4.54. The van der Waals surface area contributed by atoms with Gasteiger partial charge in [-0.25, -0.2) is 9.37 Å². The third-order valence-corrected chi connectivity index (χ3v) is 5.34. The molecule has 1 aliphatic heterocycles. The number of imidazole rings is 1. The minimum absolute atomic E-state index is 0.228. The molecular weight excluding hydrogens is 439 g/mol. The molecule has 1 atom stereocenters. The highest BCUT2D eigenvalue weighted by molar-refractivity contribution is 6.06. The standard InChI is InChI=1S/C25H21FN4O4/c1-32-21-9-8-18(12-22(21)33-15-19-14-30-10-3-2-7-24(30)27-19)28-25(31)23-13-20(29-34-23)16-5-4-6-17(26)11-16/h2-12,14,23H,13,15H2,1H3,(H,28,31). The number of halogens is 1. The molecule has 34 heavy (non-hydrogen) atoms. The van der Waals surface area contributed by atoms with Crippen molar-refractivity contribution >= 4 is 23.0 Å². The fourth-order valence-electron chi connectivity index (χ4n) is 3.65. The number of fused-ring (bicyclic) bond motifs is 1. The van der Waals surface area contributed by atoms with Crippen LogP contribution in [0.25, 0.3) is 5.65 Å². The molecule has 4 aromatic rings. The summed E-state index contributed by atoms with van der Waals surface area (Å²) in [6.45, 7) is 0.228. The lowest BCUT2D eigenvalue weighted by Gasteiger charge is -2.13. The zero-order valence-corrected chi connectivity index (χ0v) is 18.3. The molecule has 3 heterocycles. The normalized spacial score (nSPS) is 15.0. The molecule has 1 unspecified atom stereocenters. The Hall–Kier alpha value is -4.40. The highest BCUT2D eigenvalue weighted by Crippen LogP contribution is 2.31. The highest BCUT2D eigenvalue weighted by Gasteiger charge is 2.29. The van der Waals surface area contributed by atoms with Crippen molar-refractivity contribution in [1.82, 2.24) is 9.38 Å². The molecule has 0 aliphatic carbocycles. The zero-order chi connectivity index (χ0) is 23.5. The van der Waals surface area contributed by atoms with E-state index < -0.39 is 6.10 Å². The summed E-state index contributed by atoms with van der Waals surface area (Å²) in [6.07, 6.45) is 3.23. The van der Waals surface area contributed by atoms with Crippen LogP contribution in [0.2, 0.25) is 0 Å². The van der Waals surface area contributed by atoms with Gasteiger partial charge in [0, 0.05) is 36.1 Å². The number of ether oxygens (including phenoxy) is 2. The van der Waals surface area contributed by atoms with Crippen molar-refractivity contribution in [3.63, 3.8) is 0 Å². The summed E-state index contributed by atoms with van der Waals surface area (Å²) in [5.74, 6) is 0.242. The van der Waals surface area contributed by atoms with E-state index in [9.17, 15) is 9.18 Å². The van der Waals surface area contributed by atoms with Gasteiger partial charge in [-0.2, -0.15) is 0 Å². The SMILES string of the molecule is COc1ccc(NC(=O)C2CC(c3cccc(F)c3)=NO2)cc1OCc1cn2ccccc2n1. The molecule has 1 amide bonds. The van der Waals surface area contributed by atoms with Crippen molar-refractivity contribution in [3.05, 3.63) is 90.1 Å². The molecule has 0 spiro atoms. The molecule has 0 saturated heterocycles. The molecule has 0 bridgehead atoms. The van der Waals surface area contributed by atoms with Crippen LogP contribution in [-0.2, 0) is 16.2 Å². The van der Waals surface area contributed by atoms with Gasteiger partial charge in [-0.3, -0.25) is 4.79 Å². The van der Waals surface area contributed by atoms with Crippen molar-refractivity contribution in [3.8, 4) is 11.5 Å². The molecular formula is C25H21FN4O4. The lowest BCUT2D eigenvalue weighted by Crippen LogP contribution is -2.28. The Morgan fingerprint density at radius 2 is 2.09 bits per heavy atom. The Morgan fingerprint density at radius 1 is 1.18 bits per heavy atom. The van der Waals surface area contributed by atoms with Crippen LogP contribution < -0.4 is 14.8 Å². The van der Waals surface area contributed by atoms with Gasteiger partial charge >= 0.3 is 0 Å². The van der Waals surface area contributed by atoms with E-state index in [0.29, 0.717) is 28.5 Å². The number of aromatic nitrogens is 2. The number of anilines is 1. The number of rotatable bonds is 7. The number of nitrogens with one attached hydrogen (secondary N) is 1. The third-order valence-electron chi connectivity index (χ3n) is 5.34. The molecule has 1 N–H and O–H groups in total. The van der Waals surface area contributed by atoms with Gasteiger partial charge in [0.25, 0.3) is 5.91 Å². The first-order chi connectivity index (χ1) is 16.6. The van der Waals surface area contributed by atoms with Gasteiger partial charge in [0.05, 0.1) is 18.5 Å². The summed E-state index contributed by atoms with van der Waals surface area (Å²) in [5.41, 5.74) is 3.20. The maximum absolute atomic E-state index is 13.5. The second-order valence-corrected chi connectivity index (χ2v) is 7.69. The van der Waals surface area contributed by atoms with E-state index >= 15 is 0 Å². The van der Waals surface area contributed by atoms with Gasteiger partial charge in [-0.1, -0.05) is 23.4 Å². The number of methoxy groups -OCH3 is 1. The van der Waals surface area contributed by atoms with Crippen molar-refractivity contribution < 1.29 is 23.5 Å². The van der Waals surface area contributed by atoms with E-state index in [1.165, 1.54) is 12.1 Å². The monoisotopic (exact) mass is 460 g/mol. The Bertz CT molecular complexity index is 1350. The summed E-state index contributed by atoms with van der Waals surface area (Å²) >= 11 is 0. The van der Waals surface area contributed by atoms with Gasteiger partial charge < -0.3 is 24.0 Å². The fraction of sp³-hybridized carbons (Fsp3) is 0.160. The van der Waals surface area contributed by atoms with Gasteiger partial charge in [0.1, 0.15) is 18.1 Å². The van der Waals surface area contributed by atoms with E-state index in [4.69, 9.17) is 14.3 Å². The first-order valence-corrected chi connectivity index (χ1v) is 10.6. The quantitative estimate of drug-likeness (QED) is 0.447. The van der Waals surface area contributed by atoms with Gasteiger partial charge in [-0.05, 0) is 36.4 Å². The van der Waals surface area contributed by atoms with Crippen molar-refractivity contribution in [1.29, 1.82) is 0 Å². The van der Waals surface area contributed by atoms with Gasteiger partial charge in [0.2, 0.25) is 6.10 Å². The Balaban J connectivity index is 1.24. The summed E-state index contributed by atoms with van der Waals surface area (Å²) in [6, 6.07) is 16.9. The summed E-state index contributed by atoms with van der Waals surface area (Å²) in [7, 11) is 1.54. The number of carbonyl (C=O) groups excluding carboxylic acids is 1. The minimum Gasteiger partial charge on any atom is -0.493 e. The second-order valence-electron chi connectivity index (χ2n) is 7.69. The van der Waals surface area contributed by atoms with Gasteiger partial charge in [-0.15, -0.1) is 0 Å². The van der Waals surface area contributed by atoms with E-state index in [2.05, 4.69) is 15.5 Å². The summed E-state index contributed by atoms with van der Waals surface area (Å²) in [4.78, 5) is 22.5. The summed E-state index contributed by atoms with van der Waals surface area (Å²) in [5, 5.41) is 6.76. The molecule has 0 radical (unpaired) electrons. The number of amides is 1. The van der Waals surface area contributed by atoms with Crippen LogP contribution in [0.1, 0.15) is 17.7 Å². The predicted molar refractivity (Wildman–Crippen MR) is 124 cm³/mol. The Morgan fingerprint density at radius 3 is 2.91 bits per heavy atom. The van der Waals surface area contributed by atoms with Crippen LogP contribution in [0.5, 0.6) is 11.5 Å². The van der Waals surface area contributed by atoms with E-state index in [-0.39, 0.29) is 24.8 Å². The van der Waals surface area contributed by atoms with Crippen LogP contribution >= 0.6 is 0 Å². The summed E-state index contributed by atoms with van der Waals surface area (Å²) < 4.78 is 26.7. The smallest absolute Gasteiger partial charge is 0.268 e. The number of benzene rings is 2. The minimum atomic E-state index is -0.817. The number of pyridine rings is 1. The lowest BCUT2D eigenvalue weighted by molar-refractivity contribution is -0.125. The number of oxime groups is 1. The van der Waals surface area contributed by atoms with Crippen molar-refractivity contribution in [2.24, 2.45) is 5.16 Å². The number of carbonyl (C=O) groups is 1. The van der Waals surface area contributed by atoms with Crippen LogP contribution in [0.15, 0.2) is 78.2 Å². The highest BCUT2D eigenvalue weighted by atomic mass is 19.1.